The van der Waals surface area contributed by atoms with Crippen molar-refractivity contribution in [2.45, 2.75) is 20.4 Å². The Bertz CT molecular complexity index is 1290. The average molecular weight is 636 g/mol. The fraction of sp³-hybridized carbons (Fsp3) is 0.200. The van der Waals surface area contributed by atoms with Gasteiger partial charge in [0.2, 0.25) is 0 Å². The minimum Gasteiger partial charge on any atom is -0.490 e. The van der Waals surface area contributed by atoms with Crippen LogP contribution in [-0.4, -0.2) is 37.1 Å². The summed E-state index contributed by atoms with van der Waals surface area (Å²) in [6, 6.07) is 12.1. The molecule has 0 bridgehead atoms. The third-order valence-electron chi connectivity index (χ3n) is 4.71. The van der Waals surface area contributed by atoms with Crippen molar-refractivity contribution in [1.29, 1.82) is 0 Å². The van der Waals surface area contributed by atoms with Gasteiger partial charge in [0.05, 0.1) is 30.1 Å². The number of nitrogens with one attached hydrogen (secondary N) is 3. The maximum atomic E-state index is 12.4. The minimum atomic E-state index is -0.932. The third kappa shape index (κ3) is 8.46. The zero-order valence-electron chi connectivity index (χ0n) is 20.0. The summed E-state index contributed by atoms with van der Waals surface area (Å²) in [5, 5.41) is 9.03. The molecule has 0 radical (unpaired) electrons. The average Bonchev–Trinajstić information content (AvgIpc) is 3.38. The van der Waals surface area contributed by atoms with Crippen LogP contribution in [0.15, 0.2) is 67.2 Å². The molecule has 0 aliphatic heterocycles. The molecular weight excluding hydrogens is 612 g/mol. The van der Waals surface area contributed by atoms with Gasteiger partial charge in [0.25, 0.3) is 5.91 Å². The van der Waals surface area contributed by atoms with Crippen LogP contribution in [0.4, 0.5) is 5.69 Å². The number of rotatable bonds is 10. The molecule has 0 unspecified atom stereocenters. The molecule has 3 amide bonds. The van der Waals surface area contributed by atoms with Crippen molar-refractivity contribution in [2.75, 3.05) is 18.5 Å². The lowest BCUT2D eigenvalue weighted by Gasteiger charge is -2.15. The Hall–Kier alpha value is -3.64. The Morgan fingerprint density at radius 1 is 1.05 bits per heavy atom. The summed E-state index contributed by atoms with van der Waals surface area (Å²) in [4.78, 5) is 36.2. The van der Waals surface area contributed by atoms with Gasteiger partial charge in [-0.3, -0.25) is 14.4 Å². The Balaban J connectivity index is 1.58. The number of hydrogen-bond donors (Lipinski definition) is 3. The molecule has 0 saturated carbocycles. The predicted octanol–water partition coefficient (Wildman–Crippen LogP) is 4.30. The monoisotopic (exact) mass is 634 g/mol. The van der Waals surface area contributed by atoms with E-state index in [1.54, 1.807) is 30.3 Å². The molecule has 1 aromatic heterocycles. The lowest BCUT2D eigenvalue weighted by Crippen LogP contribution is -2.37. The van der Waals surface area contributed by atoms with Gasteiger partial charge in [0.15, 0.2) is 18.1 Å². The zero-order chi connectivity index (χ0) is 26.8. The van der Waals surface area contributed by atoms with Crippen molar-refractivity contribution in [3.8, 4) is 11.5 Å². The van der Waals surface area contributed by atoms with Crippen LogP contribution >= 0.6 is 31.9 Å². The minimum absolute atomic E-state index is 0.0793. The van der Waals surface area contributed by atoms with Crippen molar-refractivity contribution in [1.82, 2.24) is 10.7 Å². The van der Waals surface area contributed by atoms with E-state index in [0.29, 0.717) is 39.6 Å². The number of hydrogen-bond acceptors (Lipinski definition) is 7. The Morgan fingerprint density at radius 3 is 2.57 bits per heavy atom. The number of halogens is 2. The first-order chi connectivity index (χ1) is 17.8. The first kappa shape index (κ1) is 27.9. The van der Waals surface area contributed by atoms with E-state index in [4.69, 9.17) is 13.9 Å². The lowest BCUT2D eigenvalue weighted by atomic mass is 10.2. The van der Waals surface area contributed by atoms with E-state index >= 15 is 0 Å². The number of carbonyl (C=O) groups excluding carboxylic acids is 3. The second-order valence-corrected chi connectivity index (χ2v) is 9.23. The number of hydrazone groups is 1. The molecule has 0 aliphatic rings. The van der Waals surface area contributed by atoms with Crippen molar-refractivity contribution < 1.29 is 28.3 Å². The van der Waals surface area contributed by atoms with Gasteiger partial charge in [-0.1, -0.05) is 15.9 Å². The molecule has 0 saturated heterocycles. The van der Waals surface area contributed by atoms with Crippen LogP contribution in [0.1, 0.15) is 23.8 Å². The van der Waals surface area contributed by atoms with Crippen molar-refractivity contribution >= 4 is 61.5 Å². The van der Waals surface area contributed by atoms with Crippen LogP contribution in [0.25, 0.3) is 0 Å². The number of furan rings is 1. The molecule has 0 atom stereocenters. The molecule has 0 fully saturated rings. The summed E-state index contributed by atoms with van der Waals surface area (Å²) in [5.74, 6) is -0.907. The van der Waals surface area contributed by atoms with Gasteiger partial charge >= 0.3 is 11.8 Å². The largest absolute Gasteiger partial charge is 0.490 e. The highest BCUT2D eigenvalue weighted by molar-refractivity contribution is 9.10. The second-order valence-electron chi connectivity index (χ2n) is 7.52. The highest BCUT2D eigenvalue weighted by Gasteiger charge is 2.15. The van der Waals surface area contributed by atoms with Crippen LogP contribution in [0.3, 0.4) is 0 Å². The molecule has 12 heteroatoms. The molecule has 194 valence electrons. The van der Waals surface area contributed by atoms with Crippen molar-refractivity contribution in [3.63, 3.8) is 0 Å². The summed E-state index contributed by atoms with van der Waals surface area (Å²) in [5.41, 5.74) is 4.35. The number of benzene rings is 2. The van der Waals surface area contributed by atoms with E-state index < -0.39 is 11.8 Å². The molecule has 3 N–H and O–H groups in total. The molecule has 0 spiro atoms. The van der Waals surface area contributed by atoms with Crippen LogP contribution < -0.4 is 25.5 Å². The number of amides is 3. The zero-order valence-corrected chi connectivity index (χ0v) is 23.1. The van der Waals surface area contributed by atoms with Gasteiger partial charge in [-0.2, -0.15) is 5.10 Å². The standard InChI is InChI=1S/C25H24Br2N4O6/c1-3-35-21-11-16(12-29-31-25(34)24(33)28-13-18-5-4-8-36-18)10-20(27)23(21)37-14-22(32)30-17-6-7-19(26)15(2)9-17/h4-12H,3,13-14H2,1-2H3,(H,28,33)(H,30,32)(H,31,34)/b29-12-. The fourth-order valence-corrected chi connectivity index (χ4v) is 3.82. The van der Waals surface area contributed by atoms with Crippen LogP contribution in [0, 0.1) is 6.92 Å². The summed E-state index contributed by atoms with van der Waals surface area (Å²) >= 11 is 6.85. The first-order valence-corrected chi connectivity index (χ1v) is 12.6. The SMILES string of the molecule is CCOc1cc(/C=N\NC(=O)C(=O)NCc2ccco2)cc(Br)c1OCC(=O)Nc1ccc(Br)c(C)c1. The molecular formula is C25H24Br2N4O6. The molecule has 37 heavy (non-hydrogen) atoms. The molecule has 10 nitrogen and oxygen atoms in total. The molecule has 3 rings (SSSR count). The normalized spacial score (nSPS) is 10.7. The summed E-state index contributed by atoms with van der Waals surface area (Å²) in [7, 11) is 0. The maximum absolute atomic E-state index is 12.4. The molecule has 1 heterocycles. The fourth-order valence-electron chi connectivity index (χ4n) is 3.00. The van der Waals surface area contributed by atoms with E-state index in [0.717, 1.165) is 10.0 Å². The van der Waals surface area contributed by atoms with Crippen LogP contribution in [0.2, 0.25) is 0 Å². The van der Waals surface area contributed by atoms with Gasteiger partial charge in [0, 0.05) is 10.2 Å². The Morgan fingerprint density at radius 2 is 1.86 bits per heavy atom. The quantitative estimate of drug-likeness (QED) is 0.173. The van der Waals surface area contributed by atoms with E-state index in [9.17, 15) is 14.4 Å². The first-order valence-electron chi connectivity index (χ1n) is 11.1. The van der Waals surface area contributed by atoms with Gasteiger partial charge in [-0.25, -0.2) is 5.43 Å². The van der Waals surface area contributed by atoms with E-state index in [2.05, 4.69) is 53.0 Å². The predicted molar refractivity (Wildman–Crippen MR) is 145 cm³/mol. The van der Waals surface area contributed by atoms with Crippen LogP contribution in [0.5, 0.6) is 11.5 Å². The topological polar surface area (TPSA) is 131 Å². The number of anilines is 1. The summed E-state index contributed by atoms with van der Waals surface area (Å²) in [6.45, 7) is 3.92. The van der Waals surface area contributed by atoms with E-state index in [-0.39, 0.29) is 19.1 Å². The Labute approximate surface area is 230 Å². The number of aryl methyl sites for hydroxylation is 1. The lowest BCUT2D eigenvalue weighted by molar-refractivity contribution is -0.139. The molecule has 2 aromatic carbocycles. The van der Waals surface area contributed by atoms with Crippen molar-refractivity contribution in [3.05, 3.63) is 74.6 Å². The number of ether oxygens (including phenoxy) is 2. The van der Waals surface area contributed by atoms with Gasteiger partial charge < -0.3 is 24.5 Å². The second kappa shape index (κ2) is 13.6. The third-order valence-corrected chi connectivity index (χ3v) is 6.19. The highest BCUT2D eigenvalue weighted by atomic mass is 79.9. The molecule has 0 aliphatic carbocycles. The summed E-state index contributed by atoms with van der Waals surface area (Å²) < 4.78 is 17.9. The molecule has 3 aromatic rings. The highest BCUT2D eigenvalue weighted by Crippen LogP contribution is 2.36. The van der Waals surface area contributed by atoms with Crippen LogP contribution in [-0.2, 0) is 20.9 Å². The van der Waals surface area contributed by atoms with E-state index in [1.807, 2.05) is 26.0 Å². The van der Waals surface area contributed by atoms with E-state index in [1.165, 1.54) is 12.5 Å². The Kier molecular flexibility index (Phi) is 10.3. The van der Waals surface area contributed by atoms with Crippen molar-refractivity contribution in [2.24, 2.45) is 5.10 Å². The summed E-state index contributed by atoms with van der Waals surface area (Å²) in [6.07, 6.45) is 2.81. The van der Waals surface area contributed by atoms with Gasteiger partial charge in [-0.05, 0) is 83.4 Å². The smallest absolute Gasteiger partial charge is 0.329 e. The van der Waals surface area contributed by atoms with Gasteiger partial charge in [-0.15, -0.1) is 0 Å². The van der Waals surface area contributed by atoms with Gasteiger partial charge in [0.1, 0.15) is 5.76 Å². The number of carbonyl (C=O) groups is 3. The number of nitrogens with zero attached hydrogens (tertiary/aromatic N) is 1. The maximum Gasteiger partial charge on any atom is 0.329 e.